The van der Waals surface area contributed by atoms with Crippen LogP contribution < -0.4 is 0 Å². The van der Waals surface area contributed by atoms with E-state index in [4.69, 9.17) is 0 Å². The van der Waals surface area contributed by atoms with E-state index in [1.54, 1.807) is 5.57 Å². The van der Waals surface area contributed by atoms with E-state index in [-0.39, 0.29) is 0 Å². The van der Waals surface area contributed by atoms with Crippen LogP contribution in [-0.2, 0) is 0 Å². The zero-order valence-corrected chi connectivity index (χ0v) is 15.3. The van der Waals surface area contributed by atoms with Crippen molar-refractivity contribution in [2.24, 2.45) is 22.7 Å². The fourth-order valence-electron chi connectivity index (χ4n) is 2.72. The Morgan fingerprint density at radius 3 is 1.68 bits per heavy atom. The fourth-order valence-corrected chi connectivity index (χ4v) is 2.72. The maximum atomic E-state index is 2.46. The normalized spacial score (nSPS) is 17.2. The van der Waals surface area contributed by atoms with Crippen molar-refractivity contribution >= 4 is 0 Å². The Morgan fingerprint density at radius 1 is 0.895 bits per heavy atom. The van der Waals surface area contributed by atoms with Gasteiger partial charge in [-0.1, -0.05) is 66.0 Å². The van der Waals surface area contributed by atoms with Crippen molar-refractivity contribution in [2.75, 3.05) is 0 Å². The Hall–Kier alpha value is -0.260. The summed E-state index contributed by atoms with van der Waals surface area (Å²) in [6, 6.07) is 0. The second-order valence-corrected chi connectivity index (χ2v) is 8.06. The van der Waals surface area contributed by atoms with E-state index < -0.39 is 0 Å². The van der Waals surface area contributed by atoms with Gasteiger partial charge in [0.15, 0.2) is 0 Å². The van der Waals surface area contributed by atoms with Gasteiger partial charge in [-0.15, -0.1) is 0 Å². The molecule has 0 aliphatic carbocycles. The molecule has 0 nitrogen and oxygen atoms in total. The van der Waals surface area contributed by atoms with Crippen molar-refractivity contribution in [1.29, 1.82) is 0 Å². The highest BCUT2D eigenvalue weighted by Crippen LogP contribution is 2.43. The summed E-state index contributed by atoms with van der Waals surface area (Å²) < 4.78 is 0. The van der Waals surface area contributed by atoms with Crippen LogP contribution >= 0.6 is 0 Å². The van der Waals surface area contributed by atoms with E-state index in [0.29, 0.717) is 16.7 Å². The van der Waals surface area contributed by atoms with Crippen molar-refractivity contribution in [3.05, 3.63) is 11.1 Å². The van der Waals surface area contributed by atoms with Crippen LogP contribution in [-0.4, -0.2) is 0 Å². The first-order valence-electron chi connectivity index (χ1n) is 8.12. The predicted molar refractivity (Wildman–Crippen MR) is 89.5 cm³/mol. The molecule has 0 rings (SSSR count). The van der Waals surface area contributed by atoms with Gasteiger partial charge in [-0.3, -0.25) is 0 Å². The minimum Gasteiger partial charge on any atom is -0.0772 e. The molecule has 0 aromatic carbocycles. The van der Waals surface area contributed by atoms with Crippen LogP contribution in [0.4, 0.5) is 0 Å². The molecule has 0 spiro atoms. The highest BCUT2D eigenvalue weighted by Gasteiger charge is 2.32. The zero-order chi connectivity index (χ0) is 15.4. The molecule has 0 amide bonds. The van der Waals surface area contributed by atoms with Crippen LogP contribution in [0.2, 0.25) is 0 Å². The van der Waals surface area contributed by atoms with Gasteiger partial charge in [0.1, 0.15) is 0 Å². The smallest absolute Gasteiger partial charge is 0.0181 e. The van der Waals surface area contributed by atoms with Crippen molar-refractivity contribution in [3.63, 3.8) is 0 Å². The standard InChI is InChI=1S/C19H38/c1-11-19(10,15(4)5)13-12-18(8,9)17(7)16(6)14(2)3/h15,17H,11-13H2,1-10H3. The summed E-state index contributed by atoms with van der Waals surface area (Å²) in [7, 11) is 0. The lowest BCUT2D eigenvalue weighted by Crippen LogP contribution is -2.29. The number of hydrogen-bond acceptors (Lipinski definition) is 0. The lowest BCUT2D eigenvalue weighted by molar-refractivity contribution is 0.134. The van der Waals surface area contributed by atoms with E-state index in [9.17, 15) is 0 Å². The summed E-state index contributed by atoms with van der Waals surface area (Å²) >= 11 is 0. The molecule has 0 saturated carbocycles. The molecule has 0 N–H and O–H groups in total. The second kappa shape index (κ2) is 6.95. The summed E-state index contributed by atoms with van der Waals surface area (Å²) in [5.41, 5.74) is 3.96. The molecule has 0 aliphatic heterocycles. The Morgan fingerprint density at radius 2 is 1.37 bits per heavy atom. The van der Waals surface area contributed by atoms with Gasteiger partial charge in [0.25, 0.3) is 0 Å². The molecular weight excluding hydrogens is 228 g/mol. The van der Waals surface area contributed by atoms with Gasteiger partial charge in [-0.05, 0) is 56.3 Å². The molecule has 0 aromatic heterocycles. The van der Waals surface area contributed by atoms with Crippen molar-refractivity contribution in [1.82, 2.24) is 0 Å². The lowest BCUT2D eigenvalue weighted by Gasteiger charge is -2.39. The first-order chi connectivity index (χ1) is 8.48. The van der Waals surface area contributed by atoms with Gasteiger partial charge < -0.3 is 0 Å². The molecule has 0 heteroatoms. The van der Waals surface area contributed by atoms with Crippen LogP contribution in [0, 0.1) is 22.7 Å². The van der Waals surface area contributed by atoms with Crippen molar-refractivity contribution in [3.8, 4) is 0 Å². The van der Waals surface area contributed by atoms with E-state index in [1.165, 1.54) is 24.8 Å². The Bertz CT molecular complexity index is 302. The number of allylic oxidation sites excluding steroid dienone is 2. The fraction of sp³-hybridized carbons (Fsp3) is 0.895. The molecule has 0 radical (unpaired) electrons. The van der Waals surface area contributed by atoms with Crippen LogP contribution in [0.3, 0.4) is 0 Å². The Labute approximate surface area is 123 Å². The quantitative estimate of drug-likeness (QED) is 0.442. The van der Waals surface area contributed by atoms with Crippen LogP contribution in [0.1, 0.15) is 88.5 Å². The highest BCUT2D eigenvalue weighted by atomic mass is 14.4. The average Bonchev–Trinajstić information content (AvgIpc) is 2.33. The van der Waals surface area contributed by atoms with Crippen LogP contribution in [0.25, 0.3) is 0 Å². The van der Waals surface area contributed by atoms with Gasteiger partial charge in [0, 0.05) is 0 Å². The molecule has 0 saturated heterocycles. The second-order valence-electron chi connectivity index (χ2n) is 8.06. The third-order valence-electron chi connectivity index (χ3n) is 6.15. The molecule has 0 bridgehead atoms. The minimum atomic E-state index is 0.396. The SMILES string of the molecule is CCC(C)(CCC(C)(C)C(C)C(C)=C(C)C)C(C)C. The number of rotatable bonds is 7. The van der Waals surface area contributed by atoms with Crippen molar-refractivity contribution in [2.45, 2.75) is 88.5 Å². The third kappa shape index (κ3) is 4.97. The Kier molecular flexibility index (Phi) is 6.86. The minimum absolute atomic E-state index is 0.396. The van der Waals surface area contributed by atoms with Gasteiger partial charge in [-0.25, -0.2) is 0 Å². The number of hydrogen-bond donors (Lipinski definition) is 0. The van der Waals surface area contributed by atoms with Gasteiger partial charge >= 0.3 is 0 Å². The van der Waals surface area contributed by atoms with Crippen LogP contribution in [0.5, 0.6) is 0 Å². The largest absolute Gasteiger partial charge is 0.0772 e. The summed E-state index contributed by atoms with van der Waals surface area (Å²) in [5.74, 6) is 1.44. The molecule has 0 heterocycles. The molecule has 114 valence electrons. The molecule has 2 atom stereocenters. The van der Waals surface area contributed by atoms with Crippen molar-refractivity contribution < 1.29 is 0 Å². The predicted octanol–water partition coefficient (Wildman–Crippen LogP) is 6.86. The monoisotopic (exact) mass is 266 g/mol. The molecule has 19 heavy (non-hydrogen) atoms. The highest BCUT2D eigenvalue weighted by molar-refractivity contribution is 5.12. The average molecular weight is 267 g/mol. The van der Waals surface area contributed by atoms with Gasteiger partial charge in [0.05, 0.1) is 0 Å². The zero-order valence-electron chi connectivity index (χ0n) is 15.3. The summed E-state index contributed by atoms with van der Waals surface area (Å²) in [5, 5.41) is 0. The maximum absolute atomic E-state index is 2.46. The molecule has 0 fully saturated rings. The maximum Gasteiger partial charge on any atom is -0.0181 e. The third-order valence-corrected chi connectivity index (χ3v) is 6.15. The summed E-state index contributed by atoms with van der Waals surface area (Å²) in [4.78, 5) is 0. The van der Waals surface area contributed by atoms with E-state index >= 15 is 0 Å². The van der Waals surface area contributed by atoms with E-state index in [1.807, 2.05) is 0 Å². The molecular formula is C19H38. The Balaban J connectivity index is 4.84. The first-order valence-corrected chi connectivity index (χ1v) is 8.12. The summed E-state index contributed by atoms with van der Waals surface area (Å²) in [6.07, 6.45) is 3.95. The topological polar surface area (TPSA) is 0 Å². The van der Waals surface area contributed by atoms with Gasteiger partial charge in [-0.2, -0.15) is 0 Å². The first kappa shape index (κ1) is 18.7. The lowest BCUT2D eigenvalue weighted by atomic mass is 9.66. The van der Waals surface area contributed by atoms with Crippen LogP contribution in [0.15, 0.2) is 11.1 Å². The van der Waals surface area contributed by atoms with Gasteiger partial charge in [0.2, 0.25) is 0 Å². The van der Waals surface area contributed by atoms with E-state index in [0.717, 1.165) is 5.92 Å². The molecule has 0 aromatic rings. The molecule has 0 aliphatic rings. The summed E-state index contributed by atoms with van der Waals surface area (Å²) in [6.45, 7) is 23.6. The molecule has 2 unspecified atom stereocenters. The van der Waals surface area contributed by atoms with E-state index in [2.05, 4.69) is 69.2 Å².